The van der Waals surface area contributed by atoms with Gasteiger partial charge in [-0.2, -0.15) is 5.26 Å². The minimum atomic E-state index is -0.119. The average Bonchev–Trinajstić information content (AvgIpc) is 3.00. The molecule has 28 heavy (non-hydrogen) atoms. The normalized spacial score (nSPS) is 12.2. The Morgan fingerprint density at radius 3 is 2.54 bits per heavy atom. The Morgan fingerprint density at radius 2 is 1.93 bits per heavy atom. The maximum Gasteiger partial charge on any atom is 0.225 e. The van der Waals surface area contributed by atoms with Crippen molar-refractivity contribution in [2.24, 2.45) is 5.92 Å². The van der Waals surface area contributed by atoms with E-state index in [0.29, 0.717) is 41.4 Å². The van der Waals surface area contributed by atoms with Gasteiger partial charge in [-0.05, 0) is 24.5 Å². The SMILES string of the molecule is CCCC[C@@H](CC)Cn1c(NC(=O)CC)c(C#N)c2nc3ccccc3nc21. The monoisotopic (exact) mass is 377 g/mol. The molecule has 1 N–H and O–H groups in total. The second kappa shape index (κ2) is 8.83. The van der Waals surface area contributed by atoms with Gasteiger partial charge in [-0.15, -0.1) is 0 Å². The Balaban J connectivity index is 2.21. The molecule has 3 aromatic rings. The molecular weight excluding hydrogens is 350 g/mol. The average molecular weight is 377 g/mol. The Morgan fingerprint density at radius 1 is 1.21 bits per heavy atom. The van der Waals surface area contributed by atoms with Crippen molar-refractivity contribution in [2.75, 3.05) is 5.32 Å². The van der Waals surface area contributed by atoms with Gasteiger partial charge >= 0.3 is 0 Å². The van der Waals surface area contributed by atoms with E-state index in [9.17, 15) is 10.1 Å². The summed E-state index contributed by atoms with van der Waals surface area (Å²) in [7, 11) is 0. The van der Waals surface area contributed by atoms with Crippen molar-refractivity contribution in [3.05, 3.63) is 29.8 Å². The van der Waals surface area contributed by atoms with Crippen molar-refractivity contribution in [2.45, 2.75) is 59.4 Å². The molecule has 0 aliphatic heterocycles. The van der Waals surface area contributed by atoms with Gasteiger partial charge in [-0.1, -0.05) is 52.2 Å². The number of rotatable bonds is 8. The number of amides is 1. The van der Waals surface area contributed by atoms with Crippen LogP contribution < -0.4 is 5.32 Å². The first-order valence-electron chi connectivity index (χ1n) is 10.1. The van der Waals surface area contributed by atoms with Crippen LogP contribution in [0.1, 0.15) is 58.4 Å². The predicted molar refractivity (Wildman–Crippen MR) is 112 cm³/mol. The van der Waals surface area contributed by atoms with Crippen molar-refractivity contribution in [1.29, 1.82) is 5.26 Å². The number of hydrogen-bond donors (Lipinski definition) is 1. The molecule has 6 heteroatoms. The van der Waals surface area contributed by atoms with Crippen LogP contribution in [-0.2, 0) is 11.3 Å². The molecule has 146 valence electrons. The van der Waals surface area contributed by atoms with Crippen LogP contribution in [0.5, 0.6) is 0 Å². The molecule has 0 bridgehead atoms. The number of carbonyl (C=O) groups excluding carboxylic acids is 1. The number of nitrogens with zero attached hydrogens (tertiary/aromatic N) is 4. The summed E-state index contributed by atoms with van der Waals surface area (Å²) in [6.07, 6.45) is 4.80. The minimum Gasteiger partial charge on any atom is -0.311 e. The summed E-state index contributed by atoms with van der Waals surface area (Å²) in [5, 5.41) is 12.8. The standard InChI is InChI=1S/C22H27N5O/c1-4-7-10-15(5-2)14-27-21(26-19(28)6-3)16(13-23)20-22(27)25-18-12-9-8-11-17(18)24-20/h8-9,11-12,15H,4-7,10,14H2,1-3H3,(H,26,28)/t15-/m1/s1. The summed E-state index contributed by atoms with van der Waals surface area (Å²) in [5.74, 6) is 0.856. The van der Waals surface area contributed by atoms with Crippen LogP contribution >= 0.6 is 0 Å². The Hall–Kier alpha value is -2.94. The maximum absolute atomic E-state index is 12.2. The summed E-state index contributed by atoms with van der Waals surface area (Å²) in [4.78, 5) is 21.7. The number of para-hydroxylation sites is 2. The number of nitrogens with one attached hydrogen (secondary N) is 1. The third-order valence-electron chi connectivity index (χ3n) is 5.23. The Kier molecular flexibility index (Phi) is 6.25. The fourth-order valence-electron chi connectivity index (χ4n) is 3.51. The smallest absolute Gasteiger partial charge is 0.225 e. The topological polar surface area (TPSA) is 83.6 Å². The van der Waals surface area contributed by atoms with E-state index in [1.54, 1.807) is 6.92 Å². The van der Waals surface area contributed by atoms with E-state index in [1.807, 2.05) is 28.8 Å². The first-order valence-corrected chi connectivity index (χ1v) is 10.1. The van der Waals surface area contributed by atoms with Crippen molar-refractivity contribution in [3.63, 3.8) is 0 Å². The van der Waals surface area contributed by atoms with Gasteiger partial charge < -0.3 is 9.88 Å². The maximum atomic E-state index is 12.2. The molecule has 0 saturated carbocycles. The molecule has 1 aromatic carbocycles. The summed E-state index contributed by atoms with van der Waals surface area (Å²) in [6.45, 7) is 6.88. The fraction of sp³-hybridized carbons (Fsp3) is 0.455. The number of aromatic nitrogens is 3. The summed E-state index contributed by atoms with van der Waals surface area (Å²) in [6, 6.07) is 9.89. The third-order valence-corrected chi connectivity index (χ3v) is 5.23. The zero-order valence-electron chi connectivity index (χ0n) is 16.8. The number of hydrogen-bond acceptors (Lipinski definition) is 4. The van der Waals surface area contributed by atoms with Crippen LogP contribution in [0.2, 0.25) is 0 Å². The molecule has 0 aliphatic rings. The lowest BCUT2D eigenvalue weighted by Gasteiger charge is -2.18. The fourth-order valence-corrected chi connectivity index (χ4v) is 3.51. The number of carbonyl (C=O) groups is 1. The zero-order chi connectivity index (χ0) is 20.1. The van der Waals surface area contributed by atoms with Gasteiger partial charge in [0.15, 0.2) is 5.65 Å². The highest BCUT2D eigenvalue weighted by Crippen LogP contribution is 2.31. The molecule has 2 heterocycles. The van der Waals surface area contributed by atoms with E-state index < -0.39 is 0 Å². The highest BCUT2D eigenvalue weighted by Gasteiger charge is 2.23. The molecular formula is C22H27N5O. The van der Waals surface area contributed by atoms with Crippen molar-refractivity contribution < 1.29 is 4.79 Å². The molecule has 3 rings (SSSR count). The van der Waals surface area contributed by atoms with Gasteiger partial charge in [0.1, 0.15) is 23.0 Å². The molecule has 0 fully saturated rings. The summed E-state index contributed by atoms with van der Waals surface area (Å²) in [5.41, 5.74) is 3.14. The lowest BCUT2D eigenvalue weighted by Crippen LogP contribution is -2.18. The van der Waals surface area contributed by atoms with Gasteiger partial charge in [0.2, 0.25) is 5.91 Å². The Bertz CT molecular complexity index is 1030. The highest BCUT2D eigenvalue weighted by molar-refractivity contribution is 5.98. The van der Waals surface area contributed by atoms with Gasteiger partial charge in [0, 0.05) is 13.0 Å². The molecule has 6 nitrogen and oxygen atoms in total. The first kappa shape index (κ1) is 19.8. The van der Waals surface area contributed by atoms with E-state index >= 15 is 0 Å². The molecule has 1 atom stereocenters. The lowest BCUT2D eigenvalue weighted by molar-refractivity contribution is -0.115. The van der Waals surface area contributed by atoms with Gasteiger partial charge in [-0.3, -0.25) is 4.79 Å². The van der Waals surface area contributed by atoms with E-state index in [2.05, 4.69) is 25.2 Å². The second-order valence-electron chi connectivity index (χ2n) is 7.15. The van der Waals surface area contributed by atoms with Crippen molar-refractivity contribution >= 4 is 33.9 Å². The van der Waals surface area contributed by atoms with E-state index in [4.69, 9.17) is 9.97 Å². The number of unbranched alkanes of at least 4 members (excludes halogenated alkanes) is 1. The van der Waals surface area contributed by atoms with Gasteiger partial charge in [-0.25, -0.2) is 9.97 Å². The second-order valence-corrected chi connectivity index (χ2v) is 7.15. The minimum absolute atomic E-state index is 0.119. The lowest BCUT2D eigenvalue weighted by atomic mass is 9.99. The summed E-state index contributed by atoms with van der Waals surface area (Å²) < 4.78 is 1.99. The van der Waals surface area contributed by atoms with Crippen molar-refractivity contribution in [1.82, 2.24) is 14.5 Å². The van der Waals surface area contributed by atoms with Crippen LogP contribution in [-0.4, -0.2) is 20.4 Å². The van der Waals surface area contributed by atoms with Crippen molar-refractivity contribution in [3.8, 4) is 6.07 Å². The van der Waals surface area contributed by atoms with E-state index in [0.717, 1.165) is 36.7 Å². The predicted octanol–water partition coefficient (Wildman–Crippen LogP) is 5.02. The van der Waals surface area contributed by atoms with Crippen LogP contribution in [0.15, 0.2) is 24.3 Å². The molecule has 2 aromatic heterocycles. The first-order chi connectivity index (χ1) is 13.6. The summed E-state index contributed by atoms with van der Waals surface area (Å²) >= 11 is 0. The van der Waals surface area contributed by atoms with Gasteiger partial charge in [0.25, 0.3) is 0 Å². The zero-order valence-corrected chi connectivity index (χ0v) is 16.8. The number of nitriles is 1. The number of benzene rings is 1. The Labute approximate surface area is 165 Å². The molecule has 0 unspecified atom stereocenters. The third kappa shape index (κ3) is 3.84. The van der Waals surface area contributed by atoms with Crippen LogP contribution in [0.3, 0.4) is 0 Å². The quantitative estimate of drug-likeness (QED) is 0.597. The molecule has 0 spiro atoms. The van der Waals surface area contributed by atoms with Gasteiger partial charge in [0.05, 0.1) is 11.0 Å². The van der Waals surface area contributed by atoms with Crippen LogP contribution in [0, 0.1) is 17.2 Å². The largest absolute Gasteiger partial charge is 0.311 e. The molecule has 0 aliphatic carbocycles. The van der Waals surface area contributed by atoms with Crippen LogP contribution in [0.25, 0.3) is 22.2 Å². The number of fused-ring (bicyclic) bond motifs is 2. The molecule has 0 radical (unpaired) electrons. The van der Waals surface area contributed by atoms with Crippen LogP contribution in [0.4, 0.5) is 5.82 Å². The molecule has 1 amide bonds. The highest BCUT2D eigenvalue weighted by atomic mass is 16.1. The van der Waals surface area contributed by atoms with E-state index in [-0.39, 0.29) is 5.91 Å². The number of anilines is 1. The van der Waals surface area contributed by atoms with E-state index in [1.165, 1.54) is 0 Å². The molecule has 0 saturated heterocycles.